The van der Waals surface area contributed by atoms with Crippen LogP contribution in [0, 0.1) is 0 Å². The van der Waals surface area contributed by atoms with Crippen LogP contribution in [0.15, 0.2) is 24.3 Å². The van der Waals surface area contributed by atoms with Gasteiger partial charge < -0.3 is 19.4 Å². The highest BCUT2D eigenvalue weighted by Crippen LogP contribution is 2.18. The first-order chi connectivity index (χ1) is 8.72. The first-order valence-electron chi connectivity index (χ1n) is 6.48. The SMILES string of the molecule is CCCCCCCOc1ccc(OB(O)O)cc1. The number of unbranched alkanes of at least 4 members (excludes halogenated alkanes) is 4. The topological polar surface area (TPSA) is 58.9 Å². The van der Waals surface area contributed by atoms with Gasteiger partial charge in [-0.05, 0) is 30.7 Å². The molecule has 1 aromatic rings. The summed E-state index contributed by atoms with van der Waals surface area (Å²) in [7, 11) is -1.78. The van der Waals surface area contributed by atoms with E-state index < -0.39 is 7.32 Å². The van der Waals surface area contributed by atoms with Gasteiger partial charge in [-0.2, -0.15) is 0 Å². The van der Waals surface area contributed by atoms with Crippen LogP contribution in [0.1, 0.15) is 39.0 Å². The van der Waals surface area contributed by atoms with E-state index in [4.69, 9.17) is 19.4 Å². The van der Waals surface area contributed by atoms with E-state index in [2.05, 4.69) is 6.92 Å². The zero-order chi connectivity index (χ0) is 13.2. The predicted molar refractivity (Wildman–Crippen MR) is 71.5 cm³/mol. The summed E-state index contributed by atoms with van der Waals surface area (Å²) in [6.45, 7) is 2.91. The maximum atomic E-state index is 8.62. The second-order valence-corrected chi connectivity index (χ2v) is 4.18. The summed E-state index contributed by atoms with van der Waals surface area (Å²) >= 11 is 0. The maximum absolute atomic E-state index is 8.62. The predicted octanol–water partition coefficient (Wildman–Crippen LogP) is 2.38. The van der Waals surface area contributed by atoms with Crippen molar-refractivity contribution in [1.82, 2.24) is 0 Å². The lowest BCUT2D eigenvalue weighted by molar-refractivity contribution is 0.286. The molecule has 0 amide bonds. The van der Waals surface area contributed by atoms with Crippen molar-refractivity contribution in [2.24, 2.45) is 0 Å². The molecule has 0 unspecified atom stereocenters. The van der Waals surface area contributed by atoms with Crippen molar-refractivity contribution in [3.63, 3.8) is 0 Å². The molecule has 0 heterocycles. The standard InChI is InChI=1S/C13H21BO4/c1-2-3-4-5-6-11-17-12-7-9-13(10-8-12)18-14(15)16/h7-10,15-16H,2-6,11H2,1H3. The van der Waals surface area contributed by atoms with E-state index in [0.717, 1.165) is 12.2 Å². The maximum Gasteiger partial charge on any atom is 0.707 e. The number of hydrogen-bond acceptors (Lipinski definition) is 4. The highest BCUT2D eigenvalue weighted by atomic mass is 16.6. The van der Waals surface area contributed by atoms with Crippen LogP contribution in [-0.4, -0.2) is 24.0 Å². The molecule has 0 saturated carbocycles. The molecule has 0 radical (unpaired) electrons. The van der Waals surface area contributed by atoms with Crippen LogP contribution in [0.2, 0.25) is 0 Å². The second kappa shape index (κ2) is 8.83. The van der Waals surface area contributed by atoms with Crippen molar-refractivity contribution in [3.8, 4) is 11.5 Å². The van der Waals surface area contributed by atoms with Gasteiger partial charge in [-0.1, -0.05) is 32.6 Å². The molecule has 0 aliphatic heterocycles. The molecule has 0 atom stereocenters. The van der Waals surface area contributed by atoms with E-state index in [1.165, 1.54) is 25.7 Å². The van der Waals surface area contributed by atoms with Crippen molar-refractivity contribution < 1.29 is 19.4 Å². The molecule has 100 valence electrons. The molecule has 1 rings (SSSR count). The lowest BCUT2D eigenvalue weighted by Gasteiger charge is -2.08. The van der Waals surface area contributed by atoms with E-state index in [9.17, 15) is 0 Å². The minimum absolute atomic E-state index is 0.403. The van der Waals surface area contributed by atoms with Gasteiger partial charge in [0.05, 0.1) is 6.61 Å². The minimum atomic E-state index is -1.78. The number of rotatable bonds is 9. The highest BCUT2D eigenvalue weighted by Gasteiger charge is 2.10. The Morgan fingerprint density at radius 2 is 1.56 bits per heavy atom. The molecular weight excluding hydrogens is 231 g/mol. The Labute approximate surface area is 109 Å². The van der Waals surface area contributed by atoms with Crippen molar-refractivity contribution >= 4 is 7.32 Å². The van der Waals surface area contributed by atoms with Gasteiger partial charge in [-0.3, -0.25) is 0 Å². The largest absolute Gasteiger partial charge is 0.707 e. The normalized spacial score (nSPS) is 10.2. The van der Waals surface area contributed by atoms with Gasteiger partial charge >= 0.3 is 7.32 Å². The smallest absolute Gasteiger partial charge is 0.512 e. The summed E-state index contributed by atoms with van der Waals surface area (Å²) < 4.78 is 10.3. The van der Waals surface area contributed by atoms with Crippen molar-refractivity contribution in [1.29, 1.82) is 0 Å². The Kier molecular flexibility index (Phi) is 7.29. The number of hydrogen-bond donors (Lipinski definition) is 2. The number of benzene rings is 1. The molecule has 0 bridgehead atoms. The Morgan fingerprint density at radius 3 is 2.17 bits per heavy atom. The van der Waals surface area contributed by atoms with Gasteiger partial charge in [0.15, 0.2) is 0 Å². The van der Waals surface area contributed by atoms with Crippen LogP contribution in [-0.2, 0) is 0 Å². The average Bonchev–Trinajstić information content (AvgIpc) is 2.35. The average molecular weight is 252 g/mol. The van der Waals surface area contributed by atoms with Gasteiger partial charge in [0.1, 0.15) is 11.5 Å². The first-order valence-corrected chi connectivity index (χ1v) is 6.48. The molecule has 0 saturated heterocycles. The molecule has 5 heteroatoms. The van der Waals surface area contributed by atoms with Gasteiger partial charge in [-0.15, -0.1) is 0 Å². The van der Waals surface area contributed by atoms with Gasteiger partial charge in [0.2, 0.25) is 0 Å². The lowest BCUT2D eigenvalue weighted by atomic mass is 10.2. The van der Waals surface area contributed by atoms with Crippen LogP contribution >= 0.6 is 0 Å². The molecule has 0 aromatic heterocycles. The van der Waals surface area contributed by atoms with Crippen molar-refractivity contribution in [2.75, 3.05) is 6.61 Å². The Bertz CT molecular complexity index is 313. The van der Waals surface area contributed by atoms with Gasteiger partial charge in [-0.25, -0.2) is 0 Å². The van der Waals surface area contributed by atoms with E-state index in [1.54, 1.807) is 24.3 Å². The molecule has 0 spiro atoms. The van der Waals surface area contributed by atoms with E-state index in [1.807, 2.05) is 0 Å². The lowest BCUT2D eigenvalue weighted by Crippen LogP contribution is -2.20. The molecular formula is C13H21BO4. The quantitative estimate of drug-likeness (QED) is 0.523. The van der Waals surface area contributed by atoms with Crippen LogP contribution in [0.25, 0.3) is 0 Å². The highest BCUT2D eigenvalue weighted by molar-refractivity contribution is 6.33. The molecule has 18 heavy (non-hydrogen) atoms. The zero-order valence-corrected chi connectivity index (χ0v) is 10.8. The molecule has 1 aromatic carbocycles. The fourth-order valence-electron chi connectivity index (χ4n) is 1.63. The zero-order valence-electron chi connectivity index (χ0n) is 10.8. The summed E-state index contributed by atoms with van der Waals surface area (Å²) in [6.07, 6.45) is 6.06. The third kappa shape index (κ3) is 6.52. The van der Waals surface area contributed by atoms with Crippen molar-refractivity contribution in [2.45, 2.75) is 39.0 Å². The Balaban J connectivity index is 2.18. The van der Waals surface area contributed by atoms with E-state index in [-0.39, 0.29) is 0 Å². The molecule has 0 aliphatic carbocycles. The monoisotopic (exact) mass is 252 g/mol. The molecule has 0 aliphatic rings. The Morgan fingerprint density at radius 1 is 0.944 bits per heavy atom. The summed E-state index contributed by atoms with van der Waals surface area (Å²) in [6, 6.07) is 6.80. The molecule has 0 fully saturated rings. The summed E-state index contributed by atoms with van der Waals surface area (Å²) in [5, 5.41) is 17.2. The van der Waals surface area contributed by atoms with Gasteiger partial charge in [0.25, 0.3) is 0 Å². The van der Waals surface area contributed by atoms with E-state index in [0.29, 0.717) is 12.4 Å². The summed E-state index contributed by atoms with van der Waals surface area (Å²) in [5.74, 6) is 1.17. The van der Waals surface area contributed by atoms with Crippen molar-refractivity contribution in [3.05, 3.63) is 24.3 Å². The third-order valence-corrected chi connectivity index (χ3v) is 2.58. The van der Waals surface area contributed by atoms with E-state index >= 15 is 0 Å². The number of ether oxygens (including phenoxy) is 1. The molecule has 4 nitrogen and oxygen atoms in total. The minimum Gasteiger partial charge on any atom is -0.512 e. The molecule has 2 N–H and O–H groups in total. The van der Waals surface area contributed by atoms with Crippen LogP contribution < -0.4 is 9.39 Å². The first kappa shape index (κ1) is 14.9. The third-order valence-electron chi connectivity index (χ3n) is 2.58. The van der Waals surface area contributed by atoms with Crippen LogP contribution in [0.4, 0.5) is 0 Å². The fourth-order valence-corrected chi connectivity index (χ4v) is 1.63. The summed E-state index contributed by atoms with van der Waals surface area (Å²) in [4.78, 5) is 0. The van der Waals surface area contributed by atoms with Gasteiger partial charge in [0, 0.05) is 0 Å². The second-order valence-electron chi connectivity index (χ2n) is 4.18. The van der Waals surface area contributed by atoms with Crippen LogP contribution in [0.5, 0.6) is 11.5 Å². The summed E-state index contributed by atoms with van der Waals surface area (Å²) in [5.41, 5.74) is 0. The van der Waals surface area contributed by atoms with Crippen LogP contribution in [0.3, 0.4) is 0 Å². The fraction of sp³-hybridized carbons (Fsp3) is 0.538. The Hall–Kier alpha value is -1.20.